The quantitative estimate of drug-likeness (QED) is 0.540. The Labute approximate surface area is 174 Å². The van der Waals surface area contributed by atoms with Crippen molar-refractivity contribution in [3.05, 3.63) is 42.1 Å². The Morgan fingerprint density at radius 1 is 1.23 bits per heavy atom. The topological polar surface area (TPSA) is 113 Å². The smallest absolute Gasteiger partial charge is 0.331 e. The fourth-order valence-corrected chi connectivity index (χ4v) is 3.56. The lowest BCUT2D eigenvalue weighted by atomic mass is 10.1. The van der Waals surface area contributed by atoms with Gasteiger partial charge in [0.1, 0.15) is 0 Å². The van der Waals surface area contributed by atoms with Crippen LogP contribution in [0.25, 0.3) is 17.0 Å². The van der Waals surface area contributed by atoms with Crippen LogP contribution in [0.2, 0.25) is 0 Å². The maximum absolute atomic E-state index is 12.0. The fraction of sp³-hybridized carbons (Fsp3) is 0.364. The van der Waals surface area contributed by atoms with E-state index >= 15 is 0 Å². The summed E-state index contributed by atoms with van der Waals surface area (Å²) in [5, 5.41) is 14.7. The molecule has 0 spiro atoms. The number of nitrogens with zero attached hydrogens (tertiary/aromatic N) is 2. The van der Waals surface area contributed by atoms with E-state index in [1.807, 2.05) is 35.0 Å². The lowest BCUT2D eigenvalue weighted by molar-refractivity contribution is -0.143. The second-order valence-electron chi connectivity index (χ2n) is 7.15. The summed E-state index contributed by atoms with van der Waals surface area (Å²) >= 11 is 0. The molecular formula is C22H24N4O4. The van der Waals surface area contributed by atoms with Crippen LogP contribution in [0.15, 0.2) is 36.5 Å². The number of amides is 3. The second kappa shape index (κ2) is 10.3. The van der Waals surface area contributed by atoms with E-state index < -0.39 is 24.5 Å². The molecule has 156 valence electrons. The van der Waals surface area contributed by atoms with Gasteiger partial charge in [0.2, 0.25) is 0 Å². The zero-order valence-electron chi connectivity index (χ0n) is 16.6. The number of nitrogens with one attached hydrogen (secondary N) is 2. The van der Waals surface area contributed by atoms with E-state index in [2.05, 4.69) is 16.7 Å². The van der Waals surface area contributed by atoms with Gasteiger partial charge in [0, 0.05) is 41.3 Å². The van der Waals surface area contributed by atoms with E-state index in [-0.39, 0.29) is 6.04 Å². The van der Waals surface area contributed by atoms with Gasteiger partial charge in [0.25, 0.3) is 5.91 Å². The first kappa shape index (κ1) is 21.1. The highest BCUT2D eigenvalue weighted by Crippen LogP contribution is 2.23. The van der Waals surface area contributed by atoms with E-state index in [1.54, 1.807) is 6.08 Å². The highest BCUT2D eigenvalue weighted by Gasteiger charge is 2.18. The number of hydrogen-bond acceptors (Lipinski definition) is 5. The number of esters is 1. The van der Waals surface area contributed by atoms with E-state index in [0.29, 0.717) is 13.0 Å². The molecule has 0 unspecified atom stereocenters. The van der Waals surface area contributed by atoms with Gasteiger partial charge in [0.05, 0.1) is 12.5 Å². The van der Waals surface area contributed by atoms with Crippen molar-refractivity contribution in [2.24, 2.45) is 0 Å². The molecule has 8 heteroatoms. The van der Waals surface area contributed by atoms with Crippen molar-refractivity contribution >= 4 is 34.9 Å². The number of carbonyl (C=O) groups is 3. The molecule has 1 saturated carbocycles. The Balaban J connectivity index is 1.51. The SMILES string of the molecule is N#CCCn1cc(/C=C/C(=O)OCC(=O)NC(=O)NC2CCCC2)c2ccccc21. The van der Waals surface area contributed by atoms with Gasteiger partial charge in [-0.15, -0.1) is 0 Å². The number of nitriles is 1. The van der Waals surface area contributed by atoms with Crippen LogP contribution in [-0.4, -0.2) is 35.1 Å². The summed E-state index contributed by atoms with van der Waals surface area (Å²) in [6.45, 7) is 0.0174. The minimum Gasteiger partial charge on any atom is -0.452 e. The number of urea groups is 1. The van der Waals surface area contributed by atoms with Gasteiger partial charge in [-0.1, -0.05) is 31.0 Å². The first-order valence-corrected chi connectivity index (χ1v) is 9.97. The van der Waals surface area contributed by atoms with Crippen molar-refractivity contribution in [2.45, 2.75) is 44.7 Å². The van der Waals surface area contributed by atoms with E-state index in [1.165, 1.54) is 6.08 Å². The Morgan fingerprint density at radius 2 is 2.00 bits per heavy atom. The van der Waals surface area contributed by atoms with Crippen molar-refractivity contribution < 1.29 is 19.1 Å². The van der Waals surface area contributed by atoms with Crippen molar-refractivity contribution in [3.8, 4) is 6.07 Å². The minimum atomic E-state index is -0.685. The molecule has 1 aliphatic carbocycles. The maximum atomic E-state index is 12.0. The molecule has 3 rings (SSSR count). The first-order chi connectivity index (χ1) is 14.6. The number of imide groups is 1. The Kier molecular flexibility index (Phi) is 7.22. The van der Waals surface area contributed by atoms with Gasteiger partial charge in [0.15, 0.2) is 6.61 Å². The summed E-state index contributed by atoms with van der Waals surface area (Å²) in [6, 6.07) is 9.34. The molecule has 3 amide bonds. The maximum Gasteiger partial charge on any atom is 0.331 e. The van der Waals surface area contributed by atoms with Crippen LogP contribution in [0.3, 0.4) is 0 Å². The average Bonchev–Trinajstić information content (AvgIpc) is 3.37. The molecule has 0 atom stereocenters. The number of aryl methyl sites for hydroxylation is 1. The van der Waals surface area contributed by atoms with E-state index in [0.717, 1.165) is 42.1 Å². The molecule has 1 heterocycles. The van der Waals surface area contributed by atoms with Gasteiger partial charge in [-0.3, -0.25) is 10.1 Å². The summed E-state index contributed by atoms with van der Waals surface area (Å²) in [7, 11) is 0. The predicted molar refractivity (Wildman–Crippen MR) is 111 cm³/mol. The highest BCUT2D eigenvalue weighted by molar-refractivity contribution is 5.97. The summed E-state index contributed by atoms with van der Waals surface area (Å²) < 4.78 is 6.87. The number of fused-ring (bicyclic) bond motifs is 1. The molecule has 1 aliphatic rings. The molecule has 8 nitrogen and oxygen atoms in total. The number of aromatic nitrogens is 1. The zero-order valence-corrected chi connectivity index (χ0v) is 16.6. The molecule has 1 aromatic carbocycles. The highest BCUT2D eigenvalue weighted by atomic mass is 16.5. The number of rotatable bonds is 7. The number of hydrogen-bond donors (Lipinski definition) is 2. The lowest BCUT2D eigenvalue weighted by Crippen LogP contribution is -2.44. The van der Waals surface area contributed by atoms with Gasteiger partial charge in [-0.2, -0.15) is 5.26 Å². The Bertz CT molecular complexity index is 996. The number of benzene rings is 1. The fourth-order valence-electron chi connectivity index (χ4n) is 3.56. The summed E-state index contributed by atoms with van der Waals surface area (Å²) in [6.07, 6.45) is 9.06. The summed E-state index contributed by atoms with van der Waals surface area (Å²) in [4.78, 5) is 35.5. The van der Waals surface area contributed by atoms with Crippen LogP contribution in [0.4, 0.5) is 4.79 Å². The molecule has 0 aliphatic heterocycles. The van der Waals surface area contributed by atoms with Crippen LogP contribution in [0, 0.1) is 11.3 Å². The third-order valence-corrected chi connectivity index (χ3v) is 4.97. The Morgan fingerprint density at radius 3 is 2.77 bits per heavy atom. The number of ether oxygens (including phenoxy) is 1. The van der Waals surface area contributed by atoms with Crippen LogP contribution >= 0.6 is 0 Å². The van der Waals surface area contributed by atoms with Crippen LogP contribution < -0.4 is 10.6 Å². The molecule has 0 radical (unpaired) electrons. The van der Waals surface area contributed by atoms with Gasteiger partial charge in [-0.05, 0) is 25.0 Å². The molecular weight excluding hydrogens is 384 g/mol. The first-order valence-electron chi connectivity index (χ1n) is 9.97. The van der Waals surface area contributed by atoms with Crippen LogP contribution in [0.5, 0.6) is 0 Å². The van der Waals surface area contributed by atoms with Gasteiger partial charge in [-0.25, -0.2) is 9.59 Å². The molecule has 2 aromatic rings. The second-order valence-corrected chi connectivity index (χ2v) is 7.15. The normalized spacial score (nSPS) is 14.0. The molecule has 0 bridgehead atoms. The van der Waals surface area contributed by atoms with Gasteiger partial charge >= 0.3 is 12.0 Å². The Hall–Kier alpha value is -3.60. The summed E-state index contributed by atoms with van der Waals surface area (Å²) in [5.74, 6) is -1.37. The standard InChI is InChI=1S/C22H24N4O4/c23-12-5-13-26-14-16(18-8-3-4-9-19(18)26)10-11-21(28)30-15-20(27)25-22(29)24-17-6-1-2-7-17/h3-4,8-11,14,17H,1-2,5-7,13,15H2,(H2,24,25,27,29)/b11-10+. The third kappa shape index (κ3) is 5.70. The van der Waals surface area contributed by atoms with Crippen molar-refractivity contribution in [3.63, 3.8) is 0 Å². The van der Waals surface area contributed by atoms with Gasteiger partial charge < -0.3 is 14.6 Å². The molecule has 2 N–H and O–H groups in total. The number of para-hydroxylation sites is 1. The largest absolute Gasteiger partial charge is 0.452 e. The van der Waals surface area contributed by atoms with Crippen molar-refractivity contribution in [2.75, 3.05) is 6.61 Å². The lowest BCUT2D eigenvalue weighted by Gasteiger charge is -2.12. The molecule has 30 heavy (non-hydrogen) atoms. The molecule has 0 saturated heterocycles. The average molecular weight is 408 g/mol. The monoisotopic (exact) mass is 408 g/mol. The zero-order chi connectivity index (χ0) is 21.3. The van der Waals surface area contributed by atoms with E-state index in [4.69, 9.17) is 10.00 Å². The predicted octanol–water partition coefficient (Wildman–Crippen LogP) is 2.88. The van der Waals surface area contributed by atoms with Crippen LogP contribution in [0.1, 0.15) is 37.7 Å². The van der Waals surface area contributed by atoms with Crippen LogP contribution in [-0.2, 0) is 20.9 Å². The van der Waals surface area contributed by atoms with Crippen molar-refractivity contribution in [1.82, 2.24) is 15.2 Å². The molecule has 1 fully saturated rings. The van der Waals surface area contributed by atoms with E-state index in [9.17, 15) is 14.4 Å². The van der Waals surface area contributed by atoms with Crippen molar-refractivity contribution in [1.29, 1.82) is 5.26 Å². The number of carbonyl (C=O) groups excluding carboxylic acids is 3. The minimum absolute atomic E-state index is 0.0959. The summed E-state index contributed by atoms with van der Waals surface area (Å²) in [5.41, 5.74) is 1.77. The third-order valence-electron chi connectivity index (χ3n) is 4.97. The molecule has 1 aromatic heterocycles.